The molecule has 0 unspecified atom stereocenters. The molecule has 0 aliphatic rings. The van der Waals surface area contributed by atoms with Crippen LogP contribution in [-0.2, 0) is 43.3 Å². The van der Waals surface area contributed by atoms with Crippen molar-refractivity contribution in [3.05, 3.63) is 360 Å². The summed E-state index contributed by atoms with van der Waals surface area (Å²) in [6, 6.07) is 117. The Kier molecular flexibility index (Phi) is 29.0. The van der Waals surface area contributed by atoms with Gasteiger partial charge in [-0.3, -0.25) is 0 Å². The monoisotopic (exact) mass is 1550 g/mol. The van der Waals surface area contributed by atoms with Gasteiger partial charge in [-0.05, 0) is 166 Å². The highest BCUT2D eigenvalue weighted by atomic mass is 28.3. The molecule has 2 nitrogen and oxygen atoms in total. The molecular weight excluding hydrogens is 1410 g/mol. The van der Waals surface area contributed by atoms with Gasteiger partial charge >= 0.3 is 0 Å². The van der Waals surface area contributed by atoms with Crippen LogP contribution in [0.15, 0.2) is 315 Å². The number of para-hydroxylation sites is 1. The standard InChI is InChI=1S/C40H52Si.C28H28Si.C16H18O.C13H22Si.C11H16O/c1-37(2,3)29-13-21-33(22-14-29)41(34-23-15-30(16-24-34)38(4,5)6,35-25-17-31(18-26-35)39(7,8)9)36-27-19-32(20-28-36)40(10,11)12;1-28(2,3)23-19-21-27(22-20-23)29(24-13-7-4-8-14-24,25-15-9-5-10-16-25)26-17-11-6-12-18-26;1-16(2,3)13-9-11-15(12-10-13)17-14-7-5-4-6-8-14;1-13(2,3)11-7-9-12(10-8-11)14(4,5)6;1-11(2,3)9-5-7-10(12-4)8-6-9/h13-28H,1-12H3;4-22H,1-3H3;4-12H,1-3H3;7-10H,1-6H3;5-8H,1-4H3. The summed E-state index contributed by atoms with van der Waals surface area (Å²) < 4.78 is 10.8. The molecule has 0 aliphatic heterocycles. The van der Waals surface area contributed by atoms with Crippen molar-refractivity contribution < 1.29 is 9.47 Å². The molecule has 0 aliphatic carbocycles. The highest BCUT2D eigenvalue weighted by Gasteiger charge is 2.44. The Balaban J connectivity index is 0.000000192. The minimum Gasteiger partial charge on any atom is -0.497 e. The number of methoxy groups -OCH3 is 1. The molecule has 0 amide bonds. The molecule has 592 valence electrons. The van der Waals surface area contributed by atoms with Gasteiger partial charge in [-0.2, -0.15) is 0 Å². The second-order valence-electron chi connectivity index (χ2n) is 40.0. The average Bonchev–Trinajstić information content (AvgIpc) is 0.734. The molecule has 0 saturated heterocycles. The van der Waals surface area contributed by atoms with Crippen molar-refractivity contribution in [1.29, 1.82) is 0 Å². The van der Waals surface area contributed by atoms with Crippen LogP contribution in [0, 0.1) is 0 Å². The van der Waals surface area contributed by atoms with E-state index < -0.39 is 24.2 Å². The molecule has 12 aromatic carbocycles. The molecule has 0 heterocycles. The second kappa shape index (κ2) is 36.6. The minimum atomic E-state index is -2.63. The molecule has 113 heavy (non-hydrogen) atoms. The summed E-state index contributed by atoms with van der Waals surface area (Å²) in [5, 5.41) is 13.0. The van der Waals surface area contributed by atoms with E-state index in [1.54, 1.807) is 12.3 Å². The zero-order valence-electron chi connectivity index (χ0n) is 74.3. The summed E-state index contributed by atoms with van der Waals surface area (Å²) in [4.78, 5) is 0. The molecular formula is C108H136O2Si3. The topological polar surface area (TPSA) is 18.5 Å². The third-order valence-electron chi connectivity index (χ3n) is 21.8. The SMILES string of the molecule is CC(C)(C)c1ccc(Oc2ccccc2)cc1.CC(C)(C)c1ccc([Si](C)(C)C)cc1.CC(C)(C)c1ccc([Si](c2ccc(C(C)(C)C)cc2)(c2ccc(C(C)(C)C)cc2)c2ccc(C(C)(C)C)cc2)cc1.CC(C)(C)c1ccc([Si](c2ccccc2)(c2ccccc2)c2ccccc2)cc1.COc1ccc(C(C)(C)C)cc1. The van der Waals surface area contributed by atoms with E-state index in [0.29, 0.717) is 0 Å². The van der Waals surface area contributed by atoms with Gasteiger partial charge in [0.2, 0.25) is 0 Å². The van der Waals surface area contributed by atoms with Crippen molar-refractivity contribution in [1.82, 2.24) is 0 Å². The summed E-state index contributed by atoms with van der Waals surface area (Å²) in [6.45, 7) is 61.6. The fourth-order valence-electron chi connectivity index (χ4n) is 14.4. The lowest BCUT2D eigenvalue weighted by Crippen LogP contribution is -2.74. The lowest BCUT2D eigenvalue weighted by molar-refractivity contribution is 0.414. The Labute approximate surface area is 689 Å². The predicted molar refractivity (Wildman–Crippen MR) is 505 cm³/mol. The van der Waals surface area contributed by atoms with Gasteiger partial charge in [0.15, 0.2) is 16.1 Å². The van der Waals surface area contributed by atoms with Crippen LogP contribution in [0.4, 0.5) is 0 Å². The van der Waals surface area contributed by atoms with E-state index in [4.69, 9.17) is 9.47 Å². The van der Waals surface area contributed by atoms with Crippen molar-refractivity contribution in [2.24, 2.45) is 0 Å². The van der Waals surface area contributed by atoms with Gasteiger partial charge in [-0.1, -0.05) is 470 Å². The molecule has 0 aromatic heterocycles. The first-order chi connectivity index (χ1) is 52.7. The van der Waals surface area contributed by atoms with Crippen molar-refractivity contribution >= 4 is 70.9 Å². The van der Waals surface area contributed by atoms with Crippen LogP contribution in [0.2, 0.25) is 19.6 Å². The van der Waals surface area contributed by atoms with Gasteiger partial charge in [0, 0.05) is 0 Å². The molecule has 0 spiro atoms. The van der Waals surface area contributed by atoms with Gasteiger partial charge in [-0.25, -0.2) is 0 Å². The summed E-state index contributed by atoms with van der Waals surface area (Å²) in [6.07, 6.45) is 0. The molecule has 0 bridgehead atoms. The lowest BCUT2D eigenvalue weighted by Gasteiger charge is -2.36. The van der Waals surface area contributed by atoms with E-state index in [0.717, 1.165) is 17.2 Å². The Bertz CT molecular complexity index is 4470. The van der Waals surface area contributed by atoms with Crippen LogP contribution in [0.1, 0.15) is 211 Å². The molecule has 0 saturated carbocycles. The van der Waals surface area contributed by atoms with Gasteiger partial charge < -0.3 is 9.47 Å². The van der Waals surface area contributed by atoms with E-state index in [1.165, 1.54) is 86.0 Å². The Hall–Kier alpha value is -9.11. The number of hydrogen-bond acceptors (Lipinski definition) is 2. The molecule has 0 atom stereocenters. The molecule has 12 aromatic rings. The first kappa shape index (κ1) is 89.4. The van der Waals surface area contributed by atoms with Crippen molar-refractivity contribution in [3.8, 4) is 17.2 Å². The van der Waals surface area contributed by atoms with Crippen LogP contribution in [0.5, 0.6) is 17.2 Å². The van der Waals surface area contributed by atoms with E-state index in [9.17, 15) is 0 Å². The maximum absolute atomic E-state index is 5.75. The van der Waals surface area contributed by atoms with Crippen LogP contribution < -0.4 is 56.2 Å². The number of benzene rings is 12. The Morgan fingerprint density at radius 1 is 0.168 bits per heavy atom. The number of ether oxygens (including phenoxy) is 2. The quantitative estimate of drug-likeness (QED) is 0.0897. The van der Waals surface area contributed by atoms with E-state index in [-0.39, 0.29) is 43.3 Å². The number of rotatable bonds is 12. The normalized spacial score (nSPS) is 12.4. The lowest BCUT2D eigenvalue weighted by atomic mass is 9.87. The largest absolute Gasteiger partial charge is 0.497 e. The summed E-state index contributed by atoms with van der Waals surface area (Å²) >= 11 is 0. The first-order valence-corrected chi connectivity index (χ1v) is 48.5. The fraction of sp³-hybridized carbons (Fsp3) is 0.333. The molecule has 0 fully saturated rings. The Morgan fingerprint density at radius 2 is 0.319 bits per heavy atom. The average molecular weight is 1550 g/mol. The Morgan fingerprint density at radius 3 is 0.496 bits per heavy atom. The summed E-state index contributed by atoms with van der Waals surface area (Å²) in [5.41, 5.74) is 12.2. The van der Waals surface area contributed by atoms with Crippen molar-refractivity contribution in [2.45, 2.75) is 229 Å². The van der Waals surface area contributed by atoms with Gasteiger partial charge in [0.25, 0.3) is 0 Å². The predicted octanol–water partition coefficient (Wildman–Crippen LogP) is 23.9. The highest BCUT2D eigenvalue weighted by molar-refractivity contribution is 7.20. The first-order valence-electron chi connectivity index (χ1n) is 41.0. The molecule has 5 heteroatoms. The maximum Gasteiger partial charge on any atom is 0.179 e. The van der Waals surface area contributed by atoms with Crippen molar-refractivity contribution in [2.75, 3.05) is 7.11 Å². The van der Waals surface area contributed by atoms with Gasteiger partial charge in [0.1, 0.15) is 17.2 Å². The fourth-order valence-corrected chi connectivity index (χ4v) is 25.0. The third kappa shape index (κ3) is 23.5. The van der Waals surface area contributed by atoms with Crippen LogP contribution in [0.25, 0.3) is 0 Å². The summed E-state index contributed by atoms with van der Waals surface area (Å²) in [7, 11) is -4.44. The van der Waals surface area contributed by atoms with Crippen LogP contribution in [-0.4, -0.2) is 31.3 Å². The van der Waals surface area contributed by atoms with Crippen LogP contribution >= 0.6 is 0 Å². The zero-order chi connectivity index (χ0) is 83.2. The van der Waals surface area contributed by atoms with E-state index in [2.05, 4.69) is 447 Å². The smallest absolute Gasteiger partial charge is 0.179 e. The van der Waals surface area contributed by atoms with Crippen LogP contribution in [0.3, 0.4) is 0 Å². The highest BCUT2D eigenvalue weighted by Crippen LogP contribution is 2.31. The zero-order valence-corrected chi connectivity index (χ0v) is 77.3. The van der Waals surface area contributed by atoms with Gasteiger partial charge in [0.05, 0.1) is 15.2 Å². The van der Waals surface area contributed by atoms with Crippen molar-refractivity contribution in [3.63, 3.8) is 0 Å². The molecule has 12 rings (SSSR count). The van der Waals surface area contributed by atoms with E-state index >= 15 is 0 Å². The minimum absolute atomic E-state index is 0.111. The van der Waals surface area contributed by atoms with Gasteiger partial charge in [-0.15, -0.1) is 0 Å². The molecule has 0 N–H and O–H groups in total. The third-order valence-corrected chi connectivity index (χ3v) is 33.5. The maximum atomic E-state index is 5.75. The second-order valence-corrected chi connectivity index (χ2v) is 52.7. The molecule has 0 radical (unpaired) electrons. The van der Waals surface area contributed by atoms with E-state index in [1.807, 2.05) is 54.6 Å². The number of hydrogen-bond donors (Lipinski definition) is 0. The summed E-state index contributed by atoms with van der Waals surface area (Å²) in [5.74, 6) is 2.67.